The van der Waals surface area contributed by atoms with Gasteiger partial charge in [-0.15, -0.1) is 0 Å². The summed E-state index contributed by atoms with van der Waals surface area (Å²) in [5, 5.41) is 8.54. The smallest absolute Gasteiger partial charge is 0.406 e. The predicted molar refractivity (Wildman–Crippen MR) is 61.4 cm³/mol. The van der Waals surface area contributed by atoms with Crippen LogP contribution in [0.4, 0.5) is 13.2 Å². The van der Waals surface area contributed by atoms with Crippen molar-refractivity contribution in [2.45, 2.75) is 13.1 Å². The van der Waals surface area contributed by atoms with Crippen molar-refractivity contribution in [3.05, 3.63) is 33.7 Å². The van der Waals surface area contributed by atoms with Gasteiger partial charge in [-0.25, -0.2) is 0 Å². The first kappa shape index (κ1) is 15.7. The Kier molecular flexibility index (Phi) is 4.53. The maximum absolute atomic E-state index is 12.3. The van der Waals surface area contributed by atoms with E-state index in [0.29, 0.717) is 5.69 Å². The zero-order valence-corrected chi connectivity index (χ0v) is 10.3. The van der Waals surface area contributed by atoms with Crippen LogP contribution >= 0.6 is 0 Å². The average molecular weight is 292 g/mol. The summed E-state index contributed by atoms with van der Waals surface area (Å²) in [4.78, 5) is 36.5. The van der Waals surface area contributed by atoms with E-state index in [4.69, 9.17) is 5.11 Å². The summed E-state index contributed by atoms with van der Waals surface area (Å²) in [7, 11) is 0. The summed E-state index contributed by atoms with van der Waals surface area (Å²) in [6.45, 7) is -1.36. The van der Waals surface area contributed by atoms with Gasteiger partial charge in [-0.2, -0.15) is 13.2 Å². The maximum atomic E-state index is 12.3. The molecule has 0 atom stereocenters. The number of aromatic nitrogens is 1. The fourth-order valence-electron chi connectivity index (χ4n) is 1.49. The van der Waals surface area contributed by atoms with Gasteiger partial charge in [0, 0.05) is 18.0 Å². The first-order valence-electron chi connectivity index (χ1n) is 5.37. The van der Waals surface area contributed by atoms with Crippen LogP contribution in [0.1, 0.15) is 16.1 Å². The lowest BCUT2D eigenvalue weighted by atomic mass is 10.2. The van der Waals surface area contributed by atoms with Gasteiger partial charge in [0.15, 0.2) is 5.43 Å². The Bertz CT molecular complexity index is 580. The van der Waals surface area contributed by atoms with Crippen LogP contribution in [-0.2, 0) is 4.79 Å². The van der Waals surface area contributed by atoms with E-state index in [-0.39, 0.29) is 4.90 Å². The minimum atomic E-state index is -4.76. The molecule has 1 aromatic rings. The Morgan fingerprint density at radius 2 is 2.00 bits per heavy atom. The van der Waals surface area contributed by atoms with E-state index in [1.807, 2.05) is 0 Å². The van der Waals surface area contributed by atoms with Crippen LogP contribution < -0.4 is 5.43 Å². The van der Waals surface area contributed by atoms with E-state index >= 15 is 0 Å². The number of carboxylic acid groups (broad SMARTS) is 1. The predicted octanol–water partition coefficient (Wildman–Crippen LogP) is 0.772. The molecule has 0 fully saturated rings. The lowest BCUT2D eigenvalue weighted by Crippen LogP contribution is -2.43. The number of rotatable bonds is 4. The Hall–Kier alpha value is -2.32. The number of halogens is 3. The van der Waals surface area contributed by atoms with Crippen LogP contribution in [0.15, 0.2) is 17.1 Å². The molecule has 110 valence electrons. The van der Waals surface area contributed by atoms with Crippen molar-refractivity contribution >= 4 is 11.9 Å². The van der Waals surface area contributed by atoms with E-state index in [1.54, 1.807) is 0 Å². The van der Waals surface area contributed by atoms with Crippen LogP contribution in [0.5, 0.6) is 0 Å². The van der Waals surface area contributed by atoms with Gasteiger partial charge >= 0.3 is 12.1 Å². The third-order valence-corrected chi connectivity index (χ3v) is 2.27. The molecule has 2 N–H and O–H groups in total. The molecule has 1 heterocycles. The number of carbonyl (C=O) groups excluding carboxylic acids is 1. The first-order chi connectivity index (χ1) is 9.10. The van der Waals surface area contributed by atoms with Crippen molar-refractivity contribution in [3.8, 4) is 0 Å². The summed E-state index contributed by atoms with van der Waals surface area (Å²) in [5.41, 5.74) is -0.892. The van der Waals surface area contributed by atoms with Crippen molar-refractivity contribution in [1.29, 1.82) is 0 Å². The quantitative estimate of drug-likeness (QED) is 0.857. The standard InChI is InChI=1S/C11H11F3N2O4/c1-6-2-8(17)7(3-15-6)10(20)16(4-9(18)19)5-11(12,13)14/h2-3H,4-5H2,1H3,(H,15,17)(H,18,19). The Labute approximate surface area is 110 Å². The number of nitrogens with one attached hydrogen (secondary N) is 1. The number of H-pyrrole nitrogens is 1. The highest BCUT2D eigenvalue weighted by molar-refractivity contribution is 5.95. The number of hydrogen-bond donors (Lipinski definition) is 2. The molecule has 0 aliphatic heterocycles. The molecule has 6 nitrogen and oxygen atoms in total. The number of aliphatic carboxylic acids is 1. The lowest BCUT2D eigenvalue weighted by molar-refractivity contribution is -0.149. The molecule has 9 heteroatoms. The second kappa shape index (κ2) is 5.76. The zero-order chi connectivity index (χ0) is 15.5. The number of carboxylic acids is 1. The fraction of sp³-hybridized carbons (Fsp3) is 0.364. The topological polar surface area (TPSA) is 90.5 Å². The van der Waals surface area contributed by atoms with Crippen molar-refractivity contribution in [3.63, 3.8) is 0 Å². The van der Waals surface area contributed by atoms with Crippen molar-refractivity contribution in [2.75, 3.05) is 13.1 Å². The number of aromatic amines is 1. The second-order valence-corrected chi connectivity index (χ2v) is 4.06. The van der Waals surface area contributed by atoms with Crippen molar-refractivity contribution in [1.82, 2.24) is 9.88 Å². The van der Waals surface area contributed by atoms with Crippen LogP contribution in [0, 0.1) is 6.92 Å². The highest BCUT2D eigenvalue weighted by atomic mass is 19.4. The maximum Gasteiger partial charge on any atom is 0.406 e. The molecule has 0 saturated heterocycles. The van der Waals surface area contributed by atoms with Gasteiger partial charge < -0.3 is 15.0 Å². The molecule has 0 radical (unpaired) electrons. The zero-order valence-electron chi connectivity index (χ0n) is 10.3. The van der Waals surface area contributed by atoms with E-state index < -0.39 is 42.1 Å². The van der Waals surface area contributed by atoms with Gasteiger partial charge in [-0.1, -0.05) is 0 Å². The van der Waals surface area contributed by atoms with Gasteiger partial charge in [0.25, 0.3) is 5.91 Å². The van der Waals surface area contributed by atoms with E-state index in [2.05, 4.69) is 4.98 Å². The number of amides is 1. The number of nitrogens with zero attached hydrogens (tertiary/aromatic N) is 1. The fourth-order valence-corrected chi connectivity index (χ4v) is 1.49. The third-order valence-electron chi connectivity index (χ3n) is 2.27. The van der Waals surface area contributed by atoms with Gasteiger partial charge in [0.1, 0.15) is 18.7 Å². The Balaban J connectivity index is 3.09. The van der Waals surface area contributed by atoms with E-state index in [1.165, 1.54) is 6.92 Å². The average Bonchev–Trinajstić information content (AvgIpc) is 2.24. The third kappa shape index (κ3) is 4.41. The second-order valence-electron chi connectivity index (χ2n) is 4.06. The number of hydrogen-bond acceptors (Lipinski definition) is 3. The summed E-state index contributed by atoms with van der Waals surface area (Å²) in [6.07, 6.45) is -3.80. The molecule has 0 spiro atoms. The molecular formula is C11H11F3N2O4. The highest BCUT2D eigenvalue weighted by Gasteiger charge is 2.34. The van der Waals surface area contributed by atoms with Crippen LogP contribution in [-0.4, -0.2) is 46.1 Å². The highest BCUT2D eigenvalue weighted by Crippen LogP contribution is 2.17. The molecule has 1 aromatic heterocycles. The number of alkyl halides is 3. The van der Waals surface area contributed by atoms with Crippen LogP contribution in [0.2, 0.25) is 0 Å². The first-order valence-corrected chi connectivity index (χ1v) is 5.37. The van der Waals surface area contributed by atoms with Crippen molar-refractivity contribution in [2.24, 2.45) is 0 Å². The summed E-state index contributed by atoms with van der Waals surface area (Å²) in [5.74, 6) is -2.89. The molecule has 0 saturated carbocycles. The molecule has 0 bridgehead atoms. The molecule has 0 aliphatic rings. The SMILES string of the molecule is Cc1cc(=O)c(C(=O)N(CC(=O)O)CC(F)(F)F)c[nH]1. The minimum absolute atomic E-state index is 0.0578. The van der Waals surface area contributed by atoms with Gasteiger partial charge in [0.05, 0.1) is 0 Å². The van der Waals surface area contributed by atoms with Gasteiger partial charge in [-0.3, -0.25) is 14.4 Å². The minimum Gasteiger partial charge on any atom is -0.480 e. The van der Waals surface area contributed by atoms with E-state index in [0.717, 1.165) is 12.3 Å². The van der Waals surface area contributed by atoms with Crippen LogP contribution in [0.25, 0.3) is 0 Å². The number of aryl methyl sites for hydroxylation is 1. The summed E-state index contributed by atoms with van der Waals surface area (Å²) in [6, 6.07) is 1.04. The van der Waals surface area contributed by atoms with E-state index in [9.17, 15) is 27.6 Å². The number of carbonyl (C=O) groups is 2. The Morgan fingerprint density at radius 3 is 2.45 bits per heavy atom. The monoisotopic (exact) mass is 292 g/mol. The van der Waals surface area contributed by atoms with Gasteiger partial charge in [0.2, 0.25) is 0 Å². The molecule has 0 unspecified atom stereocenters. The normalized spacial score (nSPS) is 11.2. The number of pyridine rings is 1. The Morgan fingerprint density at radius 1 is 1.40 bits per heavy atom. The van der Waals surface area contributed by atoms with Crippen LogP contribution in [0.3, 0.4) is 0 Å². The van der Waals surface area contributed by atoms with Gasteiger partial charge in [-0.05, 0) is 6.92 Å². The molecule has 1 rings (SSSR count). The molecule has 0 aromatic carbocycles. The molecular weight excluding hydrogens is 281 g/mol. The lowest BCUT2D eigenvalue weighted by Gasteiger charge is -2.21. The largest absolute Gasteiger partial charge is 0.480 e. The molecule has 20 heavy (non-hydrogen) atoms. The van der Waals surface area contributed by atoms with Crippen molar-refractivity contribution < 1.29 is 27.9 Å². The molecule has 1 amide bonds. The summed E-state index contributed by atoms with van der Waals surface area (Å²) >= 11 is 0. The molecule has 0 aliphatic carbocycles. The summed E-state index contributed by atoms with van der Waals surface area (Å²) < 4.78 is 37.0.